The molecule has 0 aliphatic carbocycles. The third-order valence-electron chi connectivity index (χ3n) is 5.80. The van der Waals surface area contributed by atoms with Gasteiger partial charge in [-0.2, -0.15) is 0 Å². The molecule has 2 aromatic carbocycles. The van der Waals surface area contributed by atoms with Gasteiger partial charge < -0.3 is 14.7 Å². The molecule has 0 spiro atoms. The van der Waals surface area contributed by atoms with Crippen molar-refractivity contribution in [1.29, 1.82) is 0 Å². The van der Waals surface area contributed by atoms with Crippen LogP contribution >= 0.6 is 0 Å². The van der Waals surface area contributed by atoms with Crippen LogP contribution in [0.5, 0.6) is 5.75 Å². The number of likely N-dealkylation sites (tertiary alicyclic amines) is 1. The molecule has 0 amide bonds. The molecule has 0 saturated carbocycles. The van der Waals surface area contributed by atoms with Crippen molar-refractivity contribution in [2.45, 2.75) is 39.3 Å². The van der Waals surface area contributed by atoms with Crippen LogP contribution in [0.2, 0.25) is 0 Å². The number of rotatable bonds is 10. The van der Waals surface area contributed by atoms with E-state index in [1.165, 1.54) is 37.1 Å². The first-order valence-corrected chi connectivity index (χ1v) is 11.0. The number of benzene rings is 2. The zero-order chi connectivity index (χ0) is 20.5. The van der Waals surface area contributed by atoms with Crippen LogP contribution in [0, 0.1) is 5.92 Å². The average molecular weight is 397 g/mol. The second-order valence-electron chi connectivity index (χ2n) is 8.27. The zero-order valence-electron chi connectivity index (χ0n) is 18.0. The molecule has 1 N–H and O–H groups in total. The summed E-state index contributed by atoms with van der Waals surface area (Å²) in [4.78, 5) is 5.05. The minimum absolute atomic E-state index is 0.0145. The first-order valence-electron chi connectivity index (χ1n) is 11.0. The Kier molecular flexibility index (Phi) is 8.53. The molecule has 29 heavy (non-hydrogen) atoms. The van der Waals surface area contributed by atoms with Crippen LogP contribution in [0.3, 0.4) is 0 Å². The Morgan fingerprint density at radius 3 is 2.69 bits per heavy atom. The summed E-state index contributed by atoms with van der Waals surface area (Å²) in [5.41, 5.74) is 3.51. The van der Waals surface area contributed by atoms with Crippen LogP contribution < -0.4 is 4.74 Å². The highest BCUT2D eigenvalue weighted by Gasteiger charge is 2.20. The van der Waals surface area contributed by atoms with Gasteiger partial charge in [0.25, 0.3) is 0 Å². The number of ether oxygens (including phenoxy) is 1. The topological polar surface area (TPSA) is 35.9 Å². The summed E-state index contributed by atoms with van der Waals surface area (Å²) in [6, 6.07) is 17.0. The predicted octanol–water partition coefficient (Wildman–Crippen LogP) is 3.96. The van der Waals surface area contributed by atoms with Crippen molar-refractivity contribution in [3.05, 3.63) is 65.2 Å². The smallest absolute Gasteiger partial charge is 0.124 e. The average Bonchev–Trinajstić information content (AvgIpc) is 2.74. The lowest BCUT2D eigenvalue weighted by Crippen LogP contribution is -2.39. The molecule has 1 saturated heterocycles. The Hall–Kier alpha value is -1.88. The zero-order valence-corrected chi connectivity index (χ0v) is 18.0. The third kappa shape index (κ3) is 6.84. The van der Waals surface area contributed by atoms with Gasteiger partial charge >= 0.3 is 0 Å². The first kappa shape index (κ1) is 21.8. The SMILES string of the molecule is CCOc1ccc(CN(CCc2ccccc2)C[C@@H]2CCCN(C)C2)cc1CO. The normalized spacial score (nSPS) is 17.6. The van der Waals surface area contributed by atoms with Crippen molar-refractivity contribution in [3.63, 3.8) is 0 Å². The molecule has 158 valence electrons. The van der Waals surface area contributed by atoms with E-state index in [0.29, 0.717) is 6.61 Å². The van der Waals surface area contributed by atoms with Gasteiger partial charge in [0, 0.05) is 31.7 Å². The summed E-state index contributed by atoms with van der Waals surface area (Å²) >= 11 is 0. The highest BCUT2D eigenvalue weighted by atomic mass is 16.5. The maximum Gasteiger partial charge on any atom is 0.124 e. The number of nitrogens with zero attached hydrogens (tertiary/aromatic N) is 2. The Labute approximate surface area is 176 Å². The fraction of sp³-hybridized carbons (Fsp3) is 0.520. The molecular weight excluding hydrogens is 360 g/mol. The lowest BCUT2D eigenvalue weighted by molar-refractivity contribution is 0.148. The standard InChI is InChI=1S/C25H36N2O2/c1-3-29-25-12-11-22(16-24(25)20-28)18-27(15-13-21-8-5-4-6-9-21)19-23-10-7-14-26(2)17-23/h4-6,8-9,11-12,16,23,28H,3,7,10,13-15,17-20H2,1-2H3/t23-/m1/s1. The van der Waals surface area contributed by atoms with Gasteiger partial charge in [0.15, 0.2) is 0 Å². The number of hydrogen-bond donors (Lipinski definition) is 1. The second kappa shape index (κ2) is 11.3. The molecule has 0 radical (unpaired) electrons. The summed E-state index contributed by atoms with van der Waals surface area (Å²) < 4.78 is 5.65. The Bertz CT molecular complexity index is 735. The number of hydrogen-bond acceptors (Lipinski definition) is 4. The van der Waals surface area contributed by atoms with Gasteiger partial charge in [0.2, 0.25) is 0 Å². The number of aliphatic hydroxyl groups is 1. The van der Waals surface area contributed by atoms with Crippen molar-refractivity contribution in [2.24, 2.45) is 5.92 Å². The maximum absolute atomic E-state index is 9.75. The summed E-state index contributed by atoms with van der Waals surface area (Å²) in [5, 5.41) is 9.75. The van der Waals surface area contributed by atoms with Gasteiger partial charge in [0.1, 0.15) is 5.75 Å². The summed E-state index contributed by atoms with van der Waals surface area (Å²) in [6.07, 6.45) is 3.68. The van der Waals surface area contributed by atoms with E-state index >= 15 is 0 Å². The first-order chi connectivity index (χ1) is 14.2. The highest BCUT2D eigenvalue weighted by Crippen LogP contribution is 2.23. The molecule has 4 heteroatoms. The van der Waals surface area contributed by atoms with Crippen molar-refractivity contribution < 1.29 is 9.84 Å². The molecule has 2 aromatic rings. The Balaban J connectivity index is 1.69. The Morgan fingerprint density at radius 1 is 1.14 bits per heavy atom. The van der Waals surface area contributed by atoms with Gasteiger partial charge in [0.05, 0.1) is 13.2 Å². The van der Waals surface area contributed by atoms with E-state index in [4.69, 9.17) is 4.74 Å². The Morgan fingerprint density at radius 2 is 1.97 bits per heavy atom. The van der Waals surface area contributed by atoms with Crippen LogP contribution in [0.15, 0.2) is 48.5 Å². The predicted molar refractivity (Wildman–Crippen MR) is 119 cm³/mol. The maximum atomic E-state index is 9.75. The lowest BCUT2D eigenvalue weighted by atomic mass is 9.97. The van der Waals surface area contributed by atoms with Gasteiger partial charge in [-0.3, -0.25) is 4.90 Å². The van der Waals surface area contributed by atoms with Crippen molar-refractivity contribution >= 4 is 0 Å². The molecule has 0 aromatic heterocycles. The molecule has 1 atom stereocenters. The van der Waals surface area contributed by atoms with E-state index < -0.39 is 0 Å². The monoisotopic (exact) mass is 396 g/mol. The van der Waals surface area contributed by atoms with Crippen LogP contribution in [0.4, 0.5) is 0 Å². The van der Waals surface area contributed by atoms with Crippen LogP contribution in [0.25, 0.3) is 0 Å². The van der Waals surface area contributed by atoms with Gasteiger partial charge in [-0.05, 0) is 69.0 Å². The van der Waals surface area contributed by atoms with Crippen LogP contribution in [0.1, 0.15) is 36.5 Å². The van der Waals surface area contributed by atoms with Gasteiger partial charge in [-0.1, -0.05) is 36.4 Å². The quantitative estimate of drug-likeness (QED) is 0.659. The largest absolute Gasteiger partial charge is 0.494 e. The van der Waals surface area contributed by atoms with E-state index in [0.717, 1.165) is 43.3 Å². The lowest BCUT2D eigenvalue weighted by Gasteiger charge is -2.34. The van der Waals surface area contributed by atoms with Crippen molar-refractivity contribution in [1.82, 2.24) is 9.80 Å². The fourth-order valence-electron chi connectivity index (χ4n) is 4.36. The van der Waals surface area contributed by atoms with E-state index in [1.807, 2.05) is 13.0 Å². The van der Waals surface area contributed by atoms with Gasteiger partial charge in [-0.15, -0.1) is 0 Å². The molecule has 3 rings (SSSR count). The molecule has 1 aliphatic heterocycles. The fourth-order valence-corrected chi connectivity index (χ4v) is 4.36. The van der Waals surface area contributed by atoms with Crippen LogP contribution in [-0.2, 0) is 19.6 Å². The molecular formula is C25H36N2O2. The molecule has 4 nitrogen and oxygen atoms in total. The molecule has 1 fully saturated rings. The third-order valence-corrected chi connectivity index (χ3v) is 5.80. The van der Waals surface area contributed by atoms with Crippen molar-refractivity contribution in [2.75, 3.05) is 39.8 Å². The molecule has 1 aliphatic rings. The number of piperidine rings is 1. The highest BCUT2D eigenvalue weighted by molar-refractivity contribution is 5.37. The van der Waals surface area contributed by atoms with E-state index in [1.54, 1.807) is 0 Å². The van der Waals surface area contributed by atoms with Crippen molar-refractivity contribution in [3.8, 4) is 5.75 Å². The molecule has 0 unspecified atom stereocenters. The summed E-state index contributed by atoms with van der Waals surface area (Å²) in [6.45, 7) is 8.09. The summed E-state index contributed by atoms with van der Waals surface area (Å²) in [7, 11) is 2.24. The minimum Gasteiger partial charge on any atom is -0.494 e. The number of aliphatic hydroxyl groups excluding tert-OH is 1. The summed E-state index contributed by atoms with van der Waals surface area (Å²) in [5.74, 6) is 1.52. The van der Waals surface area contributed by atoms with E-state index in [-0.39, 0.29) is 6.61 Å². The molecule has 1 heterocycles. The van der Waals surface area contributed by atoms with E-state index in [2.05, 4.69) is 59.3 Å². The van der Waals surface area contributed by atoms with E-state index in [9.17, 15) is 5.11 Å². The van der Waals surface area contributed by atoms with Gasteiger partial charge in [-0.25, -0.2) is 0 Å². The second-order valence-corrected chi connectivity index (χ2v) is 8.27. The minimum atomic E-state index is 0.0145. The molecule has 0 bridgehead atoms. The van der Waals surface area contributed by atoms with Crippen LogP contribution in [-0.4, -0.2) is 54.7 Å².